The maximum atomic E-state index is 13.3. The first-order valence-electron chi connectivity index (χ1n) is 17.6. The first-order valence-corrected chi connectivity index (χ1v) is 17.6. The monoisotopic (exact) mass is 744 g/mol. The van der Waals surface area contributed by atoms with E-state index in [1.54, 1.807) is 13.8 Å². The second kappa shape index (κ2) is 21.4. The summed E-state index contributed by atoms with van der Waals surface area (Å²) in [5.74, 6) is -4.54. The molecule has 0 aromatic rings. The number of rotatable bonds is 22. The molecule has 12 N–H and O–H groups in total. The van der Waals surface area contributed by atoms with E-state index in [1.165, 1.54) is 0 Å². The molecule has 8 atom stereocenters. The summed E-state index contributed by atoms with van der Waals surface area (Å²) in [5.41, 5.74) is 5.59. The third-order valence-corrected chi connectivity index (χ3v) is 8.67. The van der Waals surface area contributed by atoms with E-state index in [4.69, 9.17) is 10.5 Å². The molecule has 0 unspecified atom stereocenters. The minimum atomic E-state index is -1.53. The van der Waals surface area contributed by atoms with Gasteiger partial charge < -0.3 is 57.5 Å². The Bertz CT molecular complexity index is 1250. The molecule has 20 heteroatoms. The number of carboxylic acids is 2. The van der Waals surface area contributed by atoms with Gasteiger partial charge in [0.2, 0.25) is 17.7 Å². The Balaban J connectivity index is 1.94. The Hall–Kier alpha value is -4.11. The fourth-order valence-electron chi connectivity index (χ4n) is 5.80. The SMILES string of the molecule is CC(C)C[C@H](NC(=O)[C@H](CCCCN)NC(=O)N[C@H](C(=O)O)C(C)C)C(=O)NCCCN[C@@H](C[C@H]1O[C@@H](N2CCC(=O)NC2=O)[C@H](O)[C@@H]1O)C(=O)O. The lowest BCUT2D eigenvalue weighted by Gasteiger charge is -2.32. The van der Waals surface area contributed by atoms with Crippen molar-refractivity contribution in [3.05, 3.63) is 0 Å². The van der Waals surface area contributed by atoms with Crippen molar-refractivity contribution in [3.8, 4) is 0 Å². The van der Waals surface area contributed by atoms with E-state index in [-0.39, 0.29) is 57.7 Å². The normalized spacial score (nSPS) is 22.7. The molecule has 2 rings (SSSR count). The van der Waals surface area contributed by atoms with Gasteiger partial charge in [-0.2, -0.15) is 0 Å². The zero-order valence-electron chi connectivity index (χ0n) is 30.1. The van der Waals surface area contributed by atoms with Gasteiger partial charge in [0.25, 0.3) is 0 Å². The van der Waals surface area contributed by atoms with Crippen molar-refractivity contribution in [1.29, 1.82) is 0 Å². The lowest BCUT2D eigenvalue weighted by molar-refractivity contribution is -0.142. The maximum absolute atomic E-state index is 13.3. The van der Waals surface area contributed by atoms with Crippen molar-refractivity contribution < 1.29 is 58.7 Å². The Morgan fingerprint density at radius 3 is 2.15 bits per heavy atom. The number of hydrogen-bond donors (Lipinski definition) is 11. The highest BCUT2D eigenvalue weighted by atomic mass is 16.6. The van der Waals surface area contributed by atoms with Gasteiger partial charge in [-0.25, -0.2) is 14.4 Å². The second-order valence-corrected chi connectivity index (χ2v) is 13.8. The van der Waals surface area contributed by atoms with Crippen LogP contribution in [0, 0.1) is 11.8 Å². The highest BCUT2D eigenvalue weighted by Gasteiger charge is 2.48. The fraction of sp³-hybridized carbons (Fsp3) is 0.781. The topological polar surface area (TPSA) is 311 Å². The number of urea groups is 2. The van der Waals surface area contributed by atoms with Crippen LogP contribution in [0.5, 0.6) is 0 Å². The van der Waals surface area contributed by atoms with Gasteiger partial charge in [-0.05, 0) is 57.0 Å². The quantitative estimate of drug-likeness (QED) is 0.0522. The van der Waals surface area contributed by atoms with Crippen LogP contribution in [0.2, 0.25) is 0 Å². The van der Waals surface area contributed by atoms with E-state index in [9.17, 15) is 54.0 Å². The average molecular weight is 745 g/mol. The number of carbonyl (C=O) groups is 7. The van der Waals surface area contributed by atoms with E-state index >= 15 is 0 Å². The third kappa shape index (κ3) is 13.8. The van der Waals surface area contributed by atoms with Crippen LogP contribution in [0.1, 0.15) is 72.6 Å². The number of imide groups is 1. The van der Waals surface area contributed by atoms with E-state index in [1.807, 2.05) is 13.8 Å². The number of amides is 7. The number of aliphatic hydroxyl groups excluding tert-OH is 2. The summed E-state index contributed by atoms with van der Waals surface area (Å²) in [5, 5.41) is 55.4. The van der Waals surface area contributed by atoms with Crippen molar-refractivity contribution in [2.45, 2.75) is 121 Å². The zero-order chi connectivity index (χ0) is 39.1. The Morgan fingerprint density at radius 2 is 1.58 bits per heavy atom. The van der Waals surface area contributed by atoms with Gasteiger partial charge >= 0.3 is 24.0 Å². The molecule has 2 saturated heterocycles. The Labute approximate surface area is 302 Å². The summed E-state index contributed by atoms with van der Waals surface area (Å²) in [6.45, 7) is 7.50. The third-order valence-electron chi connectivity index (χ3n) is 8.67. The summed E-state index contributed by atoms with van der Waals surface area (Å²) in [6.07, 6.45) is -3.97. The van der Waals surface area contributed by atoms with Gasteiger partial charge in [0, 0.05) is 25.9 Å². The molecule has 0 aromatic heterocycles. The Morgan fingerprint density at radius 1 is 0.885 bits per heavy atom. The van der Waals surface area contributed by atoms with Crippen LogP contribution in [0.15, 0.2) is 0 Å². The number of aliphatic carboxylic acids is 2. The van der Waals surface area contributed by atoms with Crippen molar-refractivity contribution >= 4 is 41.7 Å². The van der Waals surface area contributed by atoms with Crippen LogP contribution in [0.4, 0.5) is 9.59 Å². The highest BCUT2D eigenvalue weighted by Crippen LogP contribution is 2.28. The number of nitrogens with one attached hydrogen (secondary N) is 6. The number of carboxylic acid groups (broad SMARTS) is 2. The van der Waals surface area contributed by atoms with E-state index in [2.05, 4.69) is 31.9 Å². The molecule has 0 spiro atoms. The van der Waals surface area contributed by atoms with Crippen molar-refractivity contribution in [2.75, 3.05) is 26.2 Å². The predicted molar refractivity (Wildman–Crippen MR) is 183 cm³/mol. The number of hydrogen-bond acceptors (Lipinski definition) is 12. The Kier molecular flexibility index (Phi) is 18.1. The van der Waals surface area contributed by atoms with Crippen LogP contribution < -0.4 is 37.6 Å². The van der Waals surface area contributed by atoms with Crippen molar-refractivity contribution in [2.24, 2.45) is 17.6 Å². The number of carbonyl (C=O) groups excluding carboxylic acids is 5. The molecular weight excluding hydrogens is 688 g/mol. The smallest absolute Gasteiger partial charge is 0.326 e. The molecule has 0 aliphatic carbocycles. The molecule has 20 nitrogen and oxygen atoms in total. The first kappa shape index (κ1) is 44.1. The number of unbranched alkanes of at least 4 members (excludes halogenated alkanes) is 1. The number of aliphatic hydroxyl groups is 2. The summed E-state index contributed by atoms with van der Waals surface area (Å²) in [4.78, 5) is 87.4. The summed E-state index contributed by atoms with van der Waals surface area (Å²) in [6, 6.07) is -6.10. The first-order chi connectivity index (χ1) is 24.5. The highest BCUT2D eigenvalue weighted by molar-refractivity contribution is 5.96. The molecule has 2 aliphatic rings. The lowest BCUT2D eigenvalue weighted by Crippen LogP contribution is -2.57. The summed E-state index contributed by atoms with van der Waals surface area (Å²) < 4.78 is 5.66. The van der Waals surface area contributed by atoms with Gasteiger partial charge in [0.1, 0.15) is 36.4 Å². The molecule has 52 heavy (non-hydrogen) atoms. The molecule has 0 bridgehead atoms. The van der Waals surface area contributed by atoms with Gasteiger partial charge in [-0.3, -0.25) is 29.4 Å². The van der Waals surface area contributed by atoms with Crippen LogP contribution in [0.25, 0.3) is 0 Å². The van der Waals surface area contributed by atoms with Gasteiger partial charge in [0.05, 0.1) is 6.10 Å². The zero-order valence-corrected chi connectivity index (χ0v) is 30.1. The van der Waals surface area contributed by atoms with Crippen molar-refractivity contribution in [3.63, 3.8) is 0 Å². The minimum absolute atomic E-state index is 0.0126. The molecule has 2 heterocycles. The molecule has 2 aliphatic heterocycles. The fourth-order valence-corrected chi connectivity index (χ4v) is 5.80. The number of nitrogens with zero attached hydrogens (tertiary/aromatic N) is 1. The summed E-state index contributed by atoms with van der Waals surface area (Å²) >= 11 is 0. The predicted octanol–water partition coefficient (Wildman–Crippen LogP) is -2.25. The molecule has 7 amide bonds. The van der Waals surface area contributed by atoms with Gasteiger partial charge in [-0.1, -0.05) is 27.7 Å². The number of nitrogens with two attached hydrogens (primary N) is 1. The van der Waals surface area contributed by atoms with E-state index in [0.29, 0.717) is 19.4 Å². The standard InChI is InChI=1S/C32H56N8O12/c1-16(2)14-19(36-27(45)18(8-5-6-10-33)37-31(50)39-23(17(3)4)30(48)49)26(44)35-12-7-11-34-20(29(46)47)15-21-24(42)25(43)28(52-21)40-13-9-22(41)38-32(40)51/h16-21,23-25,28,34,42-43H,5-15,33H2,1-4H3,(H,35,44)(H,36,45)(H,46,47)(H,48,49)(H2,37,39,50)(H,38,41,51)/t18-,19-,20-,21+,23-,24+,25+,28+/m0/s1. The molecule has 0 radical (unpaired) electrons. The maximum Gasteiger partial charge on any atom is 0.326 e. The second-order valence-electron chi connectivity index (χ2n) is 13.8. The van der Waals surface area contributed by atoms with Crippen molar-refractivity contribution in [1.82, 2.24) is 36.8 Å². The largest absolute Gasteiger partial charge is 0.480 e. The average Bonchev–Trinajstić information content (AvgIpc) is 3.33. The van der Waals surface area contributed by atoms with E-state index < -0.39 is 96.3 Å². The molecule has 2 fully saturated rings. The van der Waals surface area contributed by atoms with Crippen LogP contribution in [-0.4, -0.2) is 142 Å². The summed E-state index contributed by atoms with van der Waals surface area (Å²) in [7, 11) is 0. The molecule has 0 aromatic carbocycles. The van der Waals surface area contributed by atoms with Gasteiger partial charge in [-0.15, -0.1) is 0 Å². The van der Waals surface area contributed by atoms with Crippen LogP contribution in [0.3, 0.4) is 0 Å². The minimum Gasteiger partial charge on any atom is -0.480 e. The van der Waals surface area contributed by atoms with E-state index in [0.717, 1.165) is 4.90 Å². The number of ether oxygens (including phenoxy) is 1. The molecule has 0 saturated carbocycles. The van der Waals surface area contributed by atoms with Gasteiger partial charge in [0.15, 0.2) is 6.23 Å². The van der Waals surface area contributed by atoms with Crippen LogP contribution in [-0.2, 0) is 28.7 Å². The van der Waals surface area contributed by atoms with Crippen LogP contribution >= 0.6 is 0 Å². The molecule has 296 valence electrons. The lowest BCUT2D eigenvalue weighted by atomic mass is 10.0. The molecular formula is C32H56N8O12.